The Hall–Kier alpha value is 0.310. The Bertz CT molecular complexity index is 270. The summed E-state index contributed by atoms with van der Waals surface area (Å²) in [6, 6.07) is 0. The zero-order valence-electron chi connectivity index (χ0n) is 12.4. The highest BCUT2D eigenvalue weighted by molar-refractivity contribution is 7.81. The Labute approximate surface area is 107 Å². The van der Waals surface area contributed by atoms with Crippen molar-refractivity contribution in [2.75, 3.05) is 0 Å². The molecule has 1 atom stereocenters. The Kier molecular flexibility index (Phi) is 2.87. The van der Waals surface area contributed by atoms with E-state index in [0.717, 1.165) is 0 Å². The Morgan fingerprint density at radius 1 is 0.625 bits per heavy atom. The van der Waals surface area contributed by atoms with Gasteiger partial charge in [-0.1, -0.05) is 41.5 Å². The van der Waals surface area contributed by atoms with Crippen LogP contribution in [0.15, 0.2) is 0 Å². The Morgan fingerprint density at radius 2 is 1.00 bits per heavy atom. The predicted octanol–water partition coefficient (Wildman–Crippen LogP) is 4.52. The van der Waals surface area contributed by atoms with Crippen molar-refractivity contribution in [3.63, 3.8) is 0 Å². The molecule has 0 spiro atoms. The minimum absolute atomic E-state index is 0.00211. The van der Waals surface area contributed by atoms with Crippen LogP contribution in [0.2, 0.25) is 0 Å². The molecule has 1 rings (SSSR count). The zero-order valence-corrected chi connectivity index (χ0v) is 13.2. The number of ether oxygens (including phenoxy) is 1. The molecule has 0 aromatic heterocycles. The Balaban J connectivity index is 3.43. The molecule has 1 unspecified atom stereocenters. The van der Waals surface area contributed by atoms with Gasteiger partial charge < -0.3 is 4.74 Å². The molecule has 0 aromatic carbocycles. The maximum Gasteiger partial charge on any atom is 0.114 e. The average molecular weight is 244 g/mol. The van der Waals surface area contributed by atoms with Gasteiger partial charge in [-0.3, -0.25) is 0 Å². The molecular weight excluding hydrogens is 216 g/mol. The fraction of sp³-hybridized carbons (Fsp3) is 1.00. The van der Waals surface area contributed by atoms with Gasteiger partial charge in [0.1, 0.15) is 4.93 Å². The van der Waals surface area contributed by atoms with Crippen molar-refractivity contribution in [2.45, 2.75) is 72.8 Å². The highest BCUT2D eigenvalue weighted by Crippen LogP contribution is 2.66. The van der Waals surface area contributed by atoms with E-state index in [-0.39, 0.29) is 21.8 Å². The summed E-state index contributed by atoms with van der Waals surface area (Å²) >= 11 is 4.78. The smallest absolute Gasteiger partial charge is 0.114 e. The first-order valence-electron chi connectivity index (χ1n) is 6.13. The van der Waals surface area contributed by atoms with Gasteiger partial charge in [-0.15, -0.1) is 12.6 Å². The largest absolute Gasteiger partial charge is 0.358 e. The third-order valence-electron chi connectivity index (χ3n) is 6.24. The van der Waals surface area contributed by atoms with Gasteiger partial charge in [-0.25, -0.2) is 0 Å². The van der Waals surface area contributed by atoms with Crippen LogP contribution in [0.25, 0.3) is 0 Å². The fourth-order valence-electron chi connectivity index (χ4n) is 2.87. The van der Waals surface area contributed by atoms with Crippen LogP contribution >= 0.6 is 12.6 Å². The summed E-state index contributed by atoms with van der Waals surface area (Å²) in [7, 11) is 0. The molecule has 1 saturated heterocycles. The number of hydrogen-bond donors (Lipinski definition) is 1. The molecule has 1 aliphatic rings. The maximum atomic E-state index is 6.29. The Morgan fingerprint density at radius 3 is 1.38 bits per heavy atom. The van der Waals surface area contributed by atoms with Crippen LogP contribution in [0.5, 0.6) is 0 Å². The second kappa shape index (κ2) is 3.20. The summed E-state index contributed by atoms with van der Waals surface area (Å²) in [6.45, 7) is 20.3. The van der Waals surface area contributed by atoms with E-state index >= 15 is 0 Å². The van der Waals surface area contributed by atoms with Crippen molar-refractivity contribution in [2.24, 2.45) is 16.2 Å². The molecule has 0 N–H and O–H groups in total. The summed E-state index contributed by atoms with van der Waals surface area (Å²) in [5.41, 5.74) is 0.0502. The lowest BCUT2D eigenvalue weighted by molar-refractivity contribution is -0.296. The third-order valence-corrected chi connectivity index (χ3v) is 6.89. The van der Waals surface area contributed by atoms with Crippen molar-refractivity contribution in [1.82, 2.24) is 0 Å². The van der Waals surface area contributed by atoms with Gasteiger partial charge in [0.25, 0.3) is 0 Å². The van der Waals surface area contributed by atoms with Crippen molar-refractivity contribution in [1.29, 1.82) is 0 Å². The molecule has 0 saturated carbocycles. The SMILES string of the molecule is CC1(C)OC(C)(S)C(C)(C)C(C)(C)C1(C)C. The molecule has 1 heterocycles. The lowest BCUT2D eigenvalue weighted by Crippen LogP contribution is -2.68. The third kappa shape index (κ3) is 1.42. The molecule has 96 valence electrons. The van der Waals surface area contributed by atoms with Crippen molar-refractivity contribution in [3.05, 3.63) is 0 Å². The quantitative estimate of drug-likeness (QED) is 0.616. The second-order valence-corrected chi connectivity index (χ2v) is 8.32. The van der Waals surface area contributed by atoms with E-state index in [2.05, 4.69) is 62.3 Å². The first-order chi connectivity index (χ1) is 6.71. The first-order valence-corrected chi connectivity index (χ1v) is 6.58. The molecule has 1 nitrogen and oxygen atoms in total. The van der Waals surface area contributed by atoms with Gasteiger partial charge in [0, 0.05) is 5.41 Å². The fourth-order valence-corrected chi connectivity index (χ4v) is 3.37. The van der Waals surface area contributed by atoms with Crippen molar-refractivity contribution < 1.29 is 4.74 Å². The lowest BCUT2D eigenvalue weighted by Gasteiger charge is -2.68. The van der Waals surface area contributed by atoms with Crippen LogP contribution in [0.4, 0.5) is 0 Å². The van der Waals surface area contributed by atoms with Crippen LogP contribution in [0.3, 0.4) is 0 Å². The van der Waals surface area contributed by atoms with Crippen LogP contribution in [0.1, 0.15) is 62.3 Å². The van der Waals surface area contributed by atoms with E-state index in [4.69, 9.17) is 17.4 Å². The predicted molar refractivity (Wildman–Crippen MR) is 73.9 cm³/mol. The molecule has 16 heavy (non-hydrogen) atoms. The van der Waals surface area contributed by atoms with Gasteiger partial charge in [-0.2, -0.15) is 0 Å². The van der Waals surface area contributed by atoms with Crippen LogP contribution < -0.4 is 0 Å². The van der Waals surface area contributed by atoms with Crippen LogP contribution in [-0.2, 0) is 4.74 Å². The van der Waals surface area contributed by atoms with E-state index in [1.54, 1.807) is 0 Å². The van der Waals surface area contributed by atoms with E-state index in [0.29, 0.717) is 0 Å². The molecule has 1 fully saturated rings. The summed E-state index contributed by atoms with van der Waals surface area (Å²) in [4.78, 5) is -0.407. The van der Waals surface area contributed by atoms with E-state index in [1.807, 2.05) is 0 Å². The van der Waals surface area contributed by atoms with Crippen molar-refractivity contribution >= 4 is 12.6 Å². The number of rotatable bonds is 0. The van der Waals surface area contributed by atoms with Gasteiger partial charge >= 0.3 is 0 Å². The van der Waals surface area contributed by atoms with Gasteiger partial charge in [0.05, 0.1) is 5.60 Å². The molecular formula is C14H28OS. The van der Waals surface area contributed by atoms with E-state index in [1.165, 1.54) is 0 Å². The molecule has 0 bridgehead atoms. The summed E-state index contributed by atoms with van der Waals surface area (Å²) < 4.78 is 6.29. The standard InChI is InChI=1S/C14H28OS/c1-10(2)11(3,4)13(7,8)15-14(9,16)12(10,5)6/h16H,1-9H3. The van der Waals surface area contributed by atoms with Gasteiger partial charge in [-0.05, 0) is 31.6 Å². The first kappa shape index (κ1) is 14.4. The monoisotopic (exact) mass is 244 g/mol. The average Bonchev–Trinajstić information content (AvgIpc) is 1.98. The summed E-state index contributed by atoms with van der Waals surface area (Å²) in [5.74, 6) is 0. The molecule has 1 aliphatic heterocycles. The number of thiol groups is 1. The number of hydrogen-bond acceptors (Lipinski definition) is 2. The highest BCUT2D eigenvalue weighted by Gasteiger charge is 2.66. The van der Waals surface area contributed by atoms with Gasteiger partial charge in [0.2, 0.25) is 0 Å². The van der Waals surface area contributed by atoms with Crippen LogP contribution in [0, 0.1) is 16.2 Å². The zero-order chi connectivity index (χ0) is 13.2. The minimum atomic E-state index is -0.407. The second-order valence-electron chi connectivity index (χ2n) is 7.47. The van der Waals surface area contributed by atoms with Crippen LogP contribution in [-0.4, -0.2) is 10.5 Å². The summed E-state index contributed by atoms with van der Waals surface area (Å²) in [6.07, 6.45) is 0. The van der Waals surface area contributed by atoms with E-state index in [9.17, 15) is 0 Å². The lowest BCUT2D eigenvalue weighted by atomic mass is 9.47. The van der Waals surface area contributed by atoms with Crippen molar-refractivity contribution in [3.8, 4) is 0 Å². The minimum Gasteiger partial charge on any atom is -0.358 e. The maximum absolute atomic E-state index is 6.29. The molecule has 0 aromatic rings. The summed E-state index contributed by atoms with van der Waals surface area (Å²) in [5, 5.41) is 0. The molecule has 0 radical (unpaired) electrons. The van der Waals surface area contributed by atoms with Gasteiger partial charge in [0.15, 0.2) is 0 Å². The van der Waals surface area contributed by atoms with E-state index < -0.39 is 4.93 Å². The molecule has 2 heteroatoms. The topological polar surface area (TPSA) is 9.23 Å². The normalized spacial score (nSPS) is 39.4. The highest BCUT2D eigenvalue weighted by atomic mass is 32.1. The molecule has 0 amide bonds. The molecule has 0 aliphatic carbocycles.